The third-order valence-electron chi connectivity index (χ3n) is 2.11. The molecular formula is C9H5ClF2N2O2. The molecule has 2 aromatic rings. The van der Waals surface area contributed by atoms with Gasteiger partial charge in [0, 0.05) is 0 Å². The molecule has 1 aromatic heterocycles. The van der Waals surface area contributed by atoms with Gasteiger partial charge in [0.25, 0.3) is 6.43 Å². The third-order valence-corrected chi connectivity index (χ3v) is 2.29. The average molecular weight is 247 g/mol. The van der Waals surface area contributed by atoms with Gasteiger partial charge < -0.3 is 10.1 Å². The first-order valence-corrected chi connectivity index (χ1v) is 4.58. The Morgan fingerprint density at radius 2 is 2.19 bits per heavy atom. The Bertz CT molecular complexity index is 568. The Labute approximate surface area is 92.9 Å². The SMILES string of the molecule is O=C(O)c1ccc2[nH]c(Cl)nc2c1C(F)F. The summed E-state index contributed by atoms with van der Waals surface area (Å²) in [5.41, 5.74) is -0.913. The number of fused-ring (bicyclic) bond motifs is 1. The molecule has 2 N–H and O–H groups in total. The Morgan fingerprint density at radius 1 is 1.50 bits per heavy atom. The summed E-state index contributed by atoms with van der Waals surface area (Å²) in [4.78, 5) is 17.0. The first kappa shape index (κ1) is 10.8. The molecule has 0 saturated heterocycles. The fourth-order valence-electron chi connectivity index (χ4n) is 1.47. The Hall–Kier alpha value is -1.69. The van der Waals surface area contributed by atoms with Crippen molar-refractivity contribution in [2.24, 2.45) is 0 Å². The van der Waals surface area contributed by atoms with Gasteiger partial charge in [0.15, 0.2) is 0 Å². The summed E-state index contributed by atoms with van der Waals surface area (Å²) in [6.07, 6.45) is -2.92. The molecule has 0 aliphatic heterocycles. The van der Waals surface area contributed by atoms with Gasteiger partial charge >= 0.3 is 5.97 Å². The summed E-state index contributed by atoms with van der Waals surface area (Å²) in [7, 11) is 0. The molecule has 4 nitrogen and oxygen atoms in total. The number of hydrogen-bond donors (Lipinski definition) is 2. The van der Waals surface area contributed by atoms with E-state index in [4.69, 9.17) is 16.7 Å². The average Bonchev–Trinajstić information content (AvgIpc) is 2.55. The Balaban J connectivity index is 2.83. The number of aromatic carboxylic acids is 1. The van der Waals surface area contributed by atoms with E-state index >= 15 is 0 Å². The maximum absolute atomic E-state index is 12.8. The molecule has 0 aliphatic rings. The fraction of sp³-hybridized carbons (Fsp3) is 0.111. The van der Waals surface area contributed by atoms with Crippen LogP contribution in [0.5, 0.6) is 0 Å². The minimum absolute atomic E-state index is 0.0561. The second-order valence-electron chi connectivity index (χ2n) is 3.06. The van der Waals surface area contributed by atoms with E-state index in [0.29, 0.717) is 0 Å². The van der Waals surface area contributed by atoms with Crippen molar-refractivity contribution in [3.05, 3.63) is 28.5 Å². The van der Waals surface area contributed by atoms with Gasteiger partial charge in [-0.25, -0.2) is 18.6 Å². The lowest BCUT2D eigenvalue weighted by atomic mass is 10.1. The number of alkyl halides is 2. The zero-order chi connectivity index (χ0) is 11.9. The first-order valence-electron chi connectivity index (χ1n) is 4.20. The first-order chi connectivity index (χ1) is 7.50. The van der Waals surface area contributed by atoms with Crippen LogP contribution in [0.25, 0.3) is 11.0 Å². The van der Waals surface area contributed by atoms with Gasteiger partial charge in [0.1, 0.15) is 0 Å². The van der Waals surface area contributed by atoms with Gasteiger partial charge in [-0.05, 0) is 23.7 Å². The van der Waals surface area contributed by atoms with Crippen molar-refractivity contribution in [2.45, 2.75) is 6.43 Å². The zero-order valence-corrected chi connectivity index (χ0v) is 8.42. The third kappa shape index (κ3) is 1.61. The predicted molar refractivity (Wildman–Crippen MR) is 53.0 cm³/mol. The zero-order valence-electron chi connectivity index (χ0n) is 7.67. The van der Waals surface area contributed by atoms with E-state index in [9.17, 15) is 13.6 Å². The number of imidazole rings is 1. The summed E-state index contributed by atoms with van der Waals surface area (Å²) >= 11 is 5.53. The predicted octanol–water partition coefficient (Wildman–Crippen LogP) is 2.85. The number of carbonyl (C=O) groups is 1. The van der Waals surface area contributed by atoms with E-state index in [1.165, 1.54) is 6.07 Å². The van der Waals surface area contributed by atoms with Crippen molar-refractivity contribution in [3.63, 3.8) is 0 Å². The van der Waals surface area contributed by atoms with Gasteiger partial charge in [-0.2, -0.15) is 0 Å². The van der Waals surface area contributed by atoms with Crippen LogP contribution in [0.4, 0.5) is 8.78 Å². The number of aromatic nitrogens is 2. The van der Waals surface area contributed by atoms with Crippen molar-refractivity contribution in [1.82, 2.24) is 9.97 Å². The second-order valence-corrected chi connectivity index (χ2v) is 3.41. The van der Waals surface area contributed by atoms with Gasteiger partial charge in [-0.1, -0.05) is 0 Å². The van der Waals surface area contributed by atoms with Crippen LogP contribution in [0.2, 0.25) is 5.28 Å². The molecule has 0 amide bonds. The molecule has 0 aliphatic carbocycles. The van der Waals surface area contributed by atoms with E-state index in [0.717, 1.165) is 6.07 Å². The van der Waals surface area contributed by atoms with Crippen LogP contribution < -0.4 is 0 Å². The fourth-order valence-corrected chi connectivity index (χ4v) is 1.66. The van der Waals surface area contributed by atoms with E-state index in [1.54, 1.807) is 0 Å². The van der Waals surface area contributed by atoms with E-state index in [1.807, 2.05) is 0 Å². The van der Waals surface area contributed by atoms with Crippen LogP contribution in [0.1, 0.15) is 22.3 Å². The number of nitrogens with zero attached hydrogens (tertiary/aromatic N) is 1. The van der Waals surface area contributed by atoms with Crippen molar-refractivity contribution in [1.29, 1.82) is 0 Å². The lowest BCUT2D eigenvalue weighted by Crippen LogP contribution is -2.03. The number of halogens is 3. The monoisotopic (exact) mass is 246 g/mol. The molecule has 84 valence electrons. The van der Waals surface area contributed by atoms with Crippen molar-refractivity contribution >= 4 is 28.6 Å². The lowest BCUT2D eigenvalue weighted by Gasteiger charge is -2.05. The van der Waals surface area contributed by atoms with Crippen molar-refractivity contribution in [3.8, 4) is 0 Å². The quantitative estimate of drug-likeness (QED) is 0.856. The van der Waals surface area contributed by atoms with Gasteiger partial charge in [0.05, 0.1) is 22.2 Å². The highest BCUT2D eigenvalue weighted by Gasteiger charge is 2.23. The number of carboxylic acid groups (broad SMARTS) is 1. The standard InChI is InChI=1S/C9H5ClF2N2O2/c10-9-13-4-2-1-3(8(15)16)5(7(11)12)6(4)14-9/h1-2,7H,(H,13,14)(H,15,16). The molecule has 0 unspecified atom stereocenters. The molecule has 0 saturated carbocycles. The van der Waals surface area contributed by atoms with Crippen molar-refractivity contribution in [2.75, 3.05) is 0 Å². The highest BCUT2D eigenvalue weighted by Crippen LogP contribution is 2.30. The molecular weight excluding hydrogens is 242 g/mol. The smallest absolute Gasteiger partial charge is 0.336 e. The van der Waals surface area contributed by atoms with Gasteiger partial charge in [-0.15, -0.1) is 0 Å². The normalized spacial score (nSPS) is 11.2. The summed E-state index contributed by atoms with van der Waals surface area (Å²) in [6, 6.07) is 2.45. The van der Waals surface area contributed by atoms with Crippen LogP contribution in [0.3, 0.4) is 0 Å². The number of benzene rings is 1. The minimum Gasteiger partial charge on any atom is -0.478 e. The van der Waals surface area contributed by atoms with Crippen molar-refractivity contribution < 1.29 is 18.7 Å². The molecule has 1 heterocycles. The van der Waals surface area contributed by atoms with Crippen LogP contribution >= 0.6 is 11.6 Å². The number of nitrogens with one attached hydrogen (secondary N) is 1. The highest BCUT2D eigenvalue weighted by molar-refractivity contribution is 6.29. The summed E-state index contributed by atoms with van der Waals surface area (Å²) in [5.74, 6) is -1.42. The number of aromatic amines is 1. The van der Waals surface area contributed by atoms with E-state index in [-0.39, 0.29) is 16.3 Å². The molecule has 2 rings (SSSR count). The van der Waals surface area contributed by atoms with Gasteiger partial charge in [-0.3, -0.25) is 0 Å². The molecule has 0 bridgehead atoms. The van der Waals surface area contributed by atoms with E-state index < -0.39 is 23.5 Å². The highest BCUT2D eigenvalue weighted by atomic mass is 35.5. The molecule has 0 spiro atoms. The molecule has 0 atom stereocenters. The van der Waals surface area contributed by atoms with Crippen LogP contribution in [-0.4, -0.2) is 21.0 Å². The molecule has 16 heavy (non-hydrogen) atoms. The molecule has 0 radical (unpaired) electrons. The summed E-state index contributed by atoms with van der Waals surface area (Å²) in [5, 5.41) is 8.72. The maximum Gasteiger partial charge on any atom is 0.336 e. The Morgan fingerprint density at radius 3 is 2.75 bits per heavy atom. The minimum atomic E-state index is -2.92. The number of H-pyrrole nitrogens is 1. The second kappa shape index (κ2) is 3.71. The van der Waals surface area contributed by atoms with E-state index in [2.05, 4.69) is 9.97 Å². The summed E-state index contributed by atoms with van der Waals surface area (Å²) < 4.78 is 25.5. The topological polar surface area (TPSA) is 66.0 Å². The number of hydrogen-bond acceptors (Lipinski definition) is 2. The van der Waals surface area contributed by atoms with Crippen LogP contribution in [-0.2, 0) is 0 Å². The summed E-state index contributed by atoms with van der Waals surface area (Å²) in [6.45, 7) is 0. The lowest BCUT2D eigenvalue weighted by molar-refractivity contribution is 0.0685. The molecule has 0 fully saturated rings. The van der Waals surface area contributed by atoms with Crippen LogP contribution in [0.15, 0.2) is 12.1 Å². The molecule has 1 aromatic carbocycles. The maximum atomic E-state index is 12.8. The largest absolute Gasteiger partial charge is 0.478 e. The molecule has 7 heteroatoms. The van der Waals surface area contributed by atoms with Gasteiger partial charge in [0.2, 0.25) is 5.28 Å². The van der Waals surface area contributed by atoms with Crippen LogP contribution in [0, 0.1) is 0 Å². The number of carboxylic acids is 1. The number of rotatable bonds is 2. The Kier molecular flexibility index (Phi) is 2.51.